The molecule has 0 aromatic carbocycles. The number of esters is 2. The predicted octanol–water partition coefficient (Wildman–Crippen LogP) is 9.03. The molecule has 1 rings (SSSR count). The summed E-state index contributed by atoms with van der Waals surface area (Å²) in [4.78, 5) is 47.8. The molecular weight excluding hydrogens is 815 g/mol. The molecule has 1 aliphatic carbocycles. The smallest absolute Gasteiger partial charge is 0.462 e. The van der Waals surface area contributed by atoms with Gasteiger partial charge in [0.2, 0.25) is 0 Å². The Bertz CT molecular complexity index is 1420. The van der Waals surface area contributed by atoms with E-state index in [0.29, 0.717) is 32.1 Å². The minimum absolute atomic E-state index is 0.0219. The number of phosphoric ester groups is 1. The standard InChI is InChI=1S/C48H79O13P/c1-3-5-7-8-9-10-11-12-13-14-15-16-17-18-19-20-21-22-27-31-47(54)58-38-42(39-60-62(56,57)59-37-41(51)36-49)61-48(55)32-28-24-23-26-30-43-44(46(53)35-45(43)52)34-33-40(50)29-25-6-4-2/h5,7,9-10,12-13,15-16,18-19,33-34,40-45,49-52H,3-4,6,8,11,14,17,20-32,35-39H2,1-2H3,(H,56,57)/b7-5-,10-9-,13-12-,16-15-,19-18-,34-33+/t40-,41-,42+,43+,44+,45-/m0/s1. The van der Waals surface area contributed by atoms with Gasteiger partial charge in [0.1, 0.15) is 18.5 Å². The van der Waals surface area contributed by atoms with Crippen molar-refractivity contribution in [1.29, 1.82) is 0 Å². The van der Waals surface area contributed by atoms with Crippen molar-refractivity contribution in [2.45, 2.75) is 173 Å². The lowest BCUT2D eigenvalue weighted by Gasteiger charge is -2.20. The van der Waals surface area contributed by atoms with Crippen molar-refractivity contribution in [1.82, 2.24) is 0 Å². The van der Waals surface area contributed by atoms with Crippen molar-refractivity contribution >= 4 is 25.5 Å². The number of carbonyl (C=O) groups is 3. The highest BCUT2D eigenvalue weighted by Gasteiger charge is 2.39. The van der Waals surface area contributed by atoms with Gasteiger partial charge in [-0.3, -0.25) is 23.4 Å². The van der Waals surface area contributed by atoms with E-state index in [9.17, 15) is 39.2 Å². The zero-order chi connectivity index (χ0) is 45.7. The van der Waals surface area contributed by atoms with Crippen LogP contribution in [0.5, 0.6) is 0 Å². The second kappa shape index (κ2) is 37.4. The lowest BCUT2D eigenvalue weighted by Crippen LogP contribution is -2.29. The number of aliphatic hydroxyl groups is 4. The van der Waals surface area contributed by atoms with E-state index in [-0.39, 0.29) is 31.0 Å². The first-order valence-corrected chi connectivity index (χ1v) is 24.5. The Balaban J connectivity index is 2.45. The van der Waals surface area contributed by atoms with Gasteiger partial charge in [0, 0.05) is 25.2 Å². The number of aliphatic hydroxyl groups excluding tert-OH is 4. The SMILES string of the molecule is CC/C=C\C/C=C\C/C=C\C/C=C\C/C=C\CCCCCC(=O)OC[C@H](COP(=O)(O)OC[C@@H](O)CO)OC(=O)CCCCCC[C@H]1[C@@H](O)CC(=O)[C@@H]1/C=C/[C@@H](O)CCCCC. The molecule has 7 atom stereocenters. The first-order valence-electron chi connectivity index (χ1n) is 23.0. The molecule has 62 heavy (non-hydrogen) atoms. The lowest BCUT2D eigenvalue weighted by molar-refractivity contribution is -0.161. The summed E-state index contributed by atoms with van der Waals surface area (Å²) in [5.74, 6) is -1.79. The number of carbonyl (C=O) groups excluding carboxylic acids is 3. The molecular formula is C48H79O13P. The van der Waals surface area contributed by atoms with E-state index in [1.54, 1.807) is 12.2 Å². The highest BCUT2D eigenvalue weighted by Crippen LogP contribution is 2.43. The summed E-state index contributed by atoms with van der Waals surface area (Å²) < 4.78 is 32.7. The zero-order valence-electron chi connectivity index (χ0n) is 37.5. The van der Waals surface area contributed by atoms with E-state index in [1.807, 2.05) is 0 Å². The topological polar surface area (TPSA) is 206 Å². The zero-order valence-corrected chi connectivity index (χ0v) is 38.4. The van der Waals surface area contributed by atoms with Gasteiger partial charge in [-0.05, 0) is 76.5 Å². The summed E-state index contributed by atoms with van der Waals surface area (Å²) >= 11 is 0. The Morgan fingerprint density at radius 3 is 1.95 bits per heavy atom. The van der Waals surface area contributed by atoms with E-state index in [2.05, 4.69) is 79.1 Å². The summed E-state index contributed by atoms with van der Waals surface area (Å²) in [7, 11) is -4.70. The summed E-state index contributed by atoms with van der Waals surface area (Å²) in [6, 6.07) is 0. The summed E-state index contributed by atoms with van der Waals surface area (Å²) in [6.45, 7) is 1.84. The van der Waals surface area contributed by atoms with Crippen molar-refractivity contribution in [3.8, 4) is 0 Å². The fourth-order valence-electron chi connectivity index (χ4n) is 6.69. The fraction of sp³-hybridized carbons (Fsp3) is 0.688. The maximum Gasteiger partial charge on any atom is 0.472 e. The van der Waals surface area contributed by atoms with Gasteiger partial charge in [-0.15, -0.1) is 0 Å². The number of hydrogen-bond acceptors (Lipinski definition) is 12. The van der Waals surface area contributed by atoms with Gasteiger partial charge < -0.3 is 34.8 Å². The molecule has 1 fully saturated rings. The molecule has 354 valence electrons. The van der Waals surface area contributed by atoms with Gasteiger partial charge in [-0.2, -0.15) is 0 Å². The first kappa shape index (κ1) is 57.0. The number of hydrogen-bond donors (Lipinski definition) is 5. The molecule has 0 heterocycles. The van der Waals surface area contributed by atoms with E-state index >= 15 is 0 Å². The highest BCUT2D eigenvalue weighted by molar-refractivity contribution is 7.47. The van der Waals surface area contributed by atoms with Crippen LogP contribution >= 0.6 is 7.82 Å². The number of allylic oxidation sites excluding steroid dienone is 11. The van der Waals surface area contributed by atoms with Crippen LogP contribution in [0.15, 0.2) is 72.9 Å². The maximum atomic E-state index is 12.8. The molecule has 0 saturated heterocycles. The van der Waals surface area contributed by atoms with Crippen molar-refractivity contribution in [3.05, 3.63) is 72.9 Å². The molecule has 0 radical (unpaired) electrons. The van der Waals surface area contributed by atoms with Crippen LogP contribution in [-0.4, -0.2) is 93.9 Å². The van der Waals surface area contributed by atoms with E-state index in [1.165, 1.54) is 0 Å². The van der Waals surface area contributed by atoms with Gasteiger partial charge in [-0.25, -0.2) is 4.57 Å². The van der Waals surface area contributed by atoms with Gasteiger partial charge >= 0.3 is 19.8 Å². The summed E-state index contributed by atoms with van der Waals surface area (Å²) in [5.41, 5.74) is 0. The molecule has 1 aliphatic rings. The number of ether oxygens (including phenoxy) is 2. The molecule has 0 spiro atoms. The second-order valence-electron chi connectivity index (χ2n) is 15.8. The third-order valence-electron chi connectivity index (χ3n) is 10.3. The highest BCUT2D eigenvalue weighted by atomic mass is 31.2. The minimum atomic E-state index is -4.70. The molecule has 0 aromatic heterocycles. The normalized spacial score (nSPS) is 19.8. The number of ketones is 1. The number of unbranched alkanes of at least 4 members (excludes halogenated alkanes) is 8. The van der Waals surface area contributed by atoms with Gasteiger partial charge in [0.05, 0.1) is 32.0 Å². The van der Waals surface area contributed by atoms with E-state index in [4.69, 9.17) is 19.1 Å². The Kier molecular flexibility index (Phi) is 34.4. The second-order valence-corrected chi connectivity index (χ2v) is 17.3. The fourth-order valence-corrected chi connectivity index (χ4v) is 7.48. The third-order valence-corrected chi connectivity index (χ3v) is 11.2. The molecule has 0 bridgehead atoms. The Labute approximate surface area is 371 Å². The predicted molar refractivity (Wildman–Crippen MR) is 243 cm³/mol. The monoisotopic (exact) mass is 895 g/mol. The van der Waals surface area contributed by atoms with Gasteiger partial charge in [-0.1, -0.05) is 132 Å². The third kappa shape index (κ3) is 30.9. The van der Waals surface area contributed by atoms with Crippen LogP contribution in [0.3, 0.4) is 0 Å². The van der Waals surface area contributed by atoms with Crippen LogP contribution in [0.25, 0.3) is 0 Å². The quantitative estimate of drug-likeness (QED) is 0.0170. The van der Waals surface area contributed by atoms with Crippen LogP contribution in [0, 0.1) is 11.8 Å². The number of phosphoric acid groups is 1. The average Bonchev–Trinajstić information content (AvgIpc) is 3.52. The Morgan fingerprint density at radius 1 is 0.742 bits per heavy atom. The lowest BCUT2D eigenvalue weighted by atomic mass is 9.88. The Hall–Kier alpha value is -3.00. The van der Waals surface area contributed by atoms with Gasteiger partial charge in [0.15, 0.2) is 6.10 Å². The Morgan fingerprint density at radius 2 is 1.32 bits per heavy atom. The number of Topliss-reactive ketones (excluding diaryl/α,β-unsaturated/α-hetero) is 1. The summed E-state index contributed by atoms with van der Waals surface area (Å²) in [5, 5.41) is 39.2. The molecule has 14 heteroatoms. The van der Waals surface area contributed by atoms with Crippen LogP contribution in [0.2, 0.25) is 0 Å². The van der Waals surface area contributed by atoms with Crippen molar-refractivity contribution in [2.75, 3.05) is 26.4 Å². The molecule has 0 aromatic rings. The minimum Gasteiger partial charge on any atom is -0.462 e. The van der Waals surface area contributed by atoms with Gasteiger partial charge in [0.25, 0.3) is 0 Å². The largest absolute Gasteiger partial charge is 0.472 e. The van der Waals surface area contributed by atoms with Crippen molar-refractivity contribution in [3.63, 3.8) is 0 Å². The molecule has 13 nitrogen and oxygen atoms in total. The van der Waals surface area contributed by atoms with Crippen LogP contribution in [0.4, 0.5) is 0 Å². The number of rotatable bonds is 38. The summed E-state index contributed by atoms with van der Waals surface area (Å²) in [6.07, 6.45) is 36.2. The molecule has 5 N–H and O–H groups in total. The van der Waals surface area contributed by atoms with Crippen LogP contribution in [-0.2, 0) is 37.5 Å². The first-order chi connectivity index (χ1) is 29.9. The maximum absolute atomic E-state index is 12.8. The molecule has 0 amide bonds. The van der Waals surface area contributed by atoms with Crippen LogP contribution < -0.4 is 0 Å². The molecule has 1 unspecified atom stereocenters. The van der Waals surface area contributed by atoms with E-state index in [0.717, 1.165) is 83.5 Å². The van der Waals surface area contributed by atoms with Crippen LogP contribution in [0.1, 0.15) is 149 Å². The molecule has 1 saturated carbocycles. The van der Waals surface area contributed by atoms with Crippen molar-refractivity contribution in [2.24, 2.45) is 11.8 Å². The van der Waals surface area contributed by atoms with E-state index < -0.39 is 76.5 Å². The average molecular weight is 895 g/mol. The molecule has 0 aliphatic heterocycles. The van der Waals surface area contributed by atoms with Crippen molar-refractivity contribution < 1.29 is 62.8 Å².